The van der Waals surface area contributed by atoms with Crippen LogP contribution in [0.25, 0.3) is 0 Å². The topological polar surface area (TPSA) is 12.0 Å². The molecule has 1 aromatic carbocycles. The lowest BCUT2D eigenvalue weighted by atomic mass is 9.93. The van der Waals surface area contributed by atoms with Gasteiger partial charge in [-0.2, -0.15) is 13.2 Å². The molecule has 0 saturated heterocycles. The first-order valence-electron chi connectivity index (χ1n) is 6.30. The molecule has 18 heavy (non-hydrogen) atoms. The van der Waals surface area contributed by atoms with Crippen LogP contribution in [0, 0.1) is 0 Å². The van der Waals surface area contributed by atoms with Gasteiger partial charge < -0.3 is 5.32 Å². The summed E-state index contributed by atoms with van der Waals surface area (Å²) in [6.45, 7) is 4.09. The van der Waals surface area contributed by atoms with Crippen molar-refractivity contribution in [3.8, 4) is 0 Å². The Morgan fingerprint density at radius 1 is 1.17 bits per heavy atom. The number of benzene rings is 1. The van der Waals surface area contributed by atoms with Crippen LogP contribution < -0.4 is 5.32 Å². The Morgan fingerprint density at radius 3 is 2.28 bits per heavy atom. The van der Waals surface area contributed by atoms with E-state index < -0.39 is 12.2 Å². The number of rotatable bonds is 6. The fraction of sp³-hybridized carbons (Fsp3) is 0.571. The van der Waals surface area contributed by atoms with Gasteiger partial charge in [-0.05, 0) is 30.9 Å². The zero-order valence-corrected chi connectivity index (χ0v) is 10.8. The van der Waals surface area contributed by atoms with Gasteiger partial charge in [0.05, 0.1) is 0 Å². The molecule has 0 amide bonds. The molecule has 1 N–H and O–H groups in total. The van der Waals surface area contributed by atoms with E-state index in [-0.39, 0.29) is 12.3 Å². The van der Waals surface area contributed by atoms with Crippen molar-refractivity contribution >= 4 is 0 Å². The molecule has 1 rings (SSSR count). The van der Waals surface area contributed by atoms with Crippen LogP contribution in [0.2, 0.25) is 0 Å². The van der Waals surface area contributed by atoms with Crippen molar-refractivity contribution in [3.63, 3.8) is 0 Å². The van der Waals surface area contributed by atoms with Crippen LogP contribution in [0.3, 0.4) is 0 Å². The molecule has 2 unspecified atom stereocenters. The fourth-order valence-corrected chi connectivity index (χ4v) is 1.92. The van der Waals surface area contributed by atoms with Crippen molar-refractivity contribution < 1.29 is 13.2 Å². The number of alkyl halides is 3. The van der Waals surface area contributed by atoms with Crippen LogP contribution in [-0.4, -0.2) is 18.8 Å². The fourth-order valence-electron chi connectivity index (χ4n) is 1.92. The van der Waals surface area contributed by atoms with E-state index in [1.54, 1.807) is 0 Å². The second-order valence-corrected chi connectivity index (χ2v) is 4.60. The molecule has 0 fully saturated rings. The molecule has 1 nitrogen and oxygen atoms in total. The quantitative estimate of drug-likeness (QED) is 0.810. The zero-order valence-electron chi connectivity index (χ0n) is 10.8. The Labute approximate surface area is 106 Å². The maximum absolute atomic E-state index is 12.9. The molecule has 0 radical (unpaired) electrons. The molecule has 0 aliphatic carbocycles. The Balaban J connectivity index is 2.66. The number of hydrogen-bond acceptors (Lipinski definition) is 1. The summed E-state index contributed by atoms with van der Waals surface area (Å²) < 4.78 is 38.6. The van der Waals surface area contributed by atoms with E-state index in [2.05, 4.69) is 5.32 Å². The highest BCUT2D eigenvalue weighted by molar-refractivity contribution is 5.19. The predicted molar refractivity (Wildman–Crippen MR) is 67.6 cm³/mol. The van der Waals surface area contributed by atoms with Gasteiger partial charge in [-0.1, -0.05) is 44.2 Å². The van der Waals surface area contributed by atoms with E-state index in [0.29, 0.717) is 13.0 Å². The van der Waals surface area contributed by atoms with E-state index in [1.165, 1.54) is 0 Å². The summed E-state index contributed by atoms with van der Waals surface area (Å²) >= 11 is 0. The smallest absolute Gasteiger partial charge is 0.306 e. The first-order chi connectivity index (χ1) is 8.45. The molecule has 1 aromatic rings. The number of nitrogens with one attached hydrogen (secondary N) is 1. The van der Waals surface area contributed by atoms with Crippen LogP contribution >= 0.6 is 0 Å². The van der Waals surface area contributed by atoms with E-state index in [9.17, 15) is 13.2 Å². The highest BCUT2D eigenvalue weighted by Gasteiger charge is 2.39. The highest BCUT2D eigenvalue weighted by Crippen LogP contribution is 2.29. The van der Waals surface area contributed by atoms with Crippen LogP contribution in [0.1, 0.15) is 38.2 Å². The molecule has 0 aromatic heterocycles. The molecule has 0 saturated carbocycles. The van der Waals surface area contributed by atoms with Gasteiger partial charge in [0.15, 0.2) is 0 Å². The Morgan fingerprint density at radius 2 is 1.78 bits per heavy atom. The minimum absolute atomic E-state index is 0.0769. The van der Waals surface area contributed by atoms with Crippen molar-refractivity contribution in [3.05, 3.63) is 35.9 Å². The third-order valence-electron chi connectivity index (χ3n) is 2.99. The normalized spacial score (nSPS) is 15.4. The van der Waals surface area contributed by atoms with Crippen LogP contribution in [-0.2, 0) is 0 Å². The summed E-state index contributed by atoms with van der Waals surface area (Å²) in [5.74, 6) is -0.109. The van der Waals surface area contributed by atoms with Gasteiger partial charge in [-0.15, -0.1) is 0 Å². The van der Waals surface area contributed by atoms with Crippen molar-refractivity contribution in [2.75, 3.05) is 6.54 Å². The first kappa shape index (κ1) is 15.0. The molecule has 0 bridgehead atoms. The lowest BCUT2D eigenvalue weighted by Crippen LogP contribution is -2.43. The molecule has 0 aliphatic heterocycles. The van der Waals surface area contributed by atoms with Crippen LogP contribution in [0.5, 0.6) is 0 Å². The minimum atomic E-state index is -4.18. The SMILES string of the molecule is CCCNC(CC(C)c1ccccc1)C(F)(F)F. The standard InChI is InChI=1S/C14H20F3N/c1-3-9-18-13(14(15,16)17)10-11(2)12-7-5-4-6-8-12/h4-8,11,13,18H,3,9-10H2,1-2H3. The second-order valence-electron chi connectivity index (χ2n) is 4.60. The number of hydrogen-bond donors (Lipinski definition) is 1. The van der Waals surface area contributed by atoms with Crippen molar-refractivity contribution in [2.45, 2.75) is 44.8 Å². The summed E-state index contributed by atoms with van der Waals surface area (Å²) in [5, 5.41) is 2.59. The van der Waals surface area contributed by atoms with Gasteiger partial charge in [-0.25, -0.2) is 0 Å². The first-order valence-corrected chi connectivity index (χ1v) is 6.30. The molecule has 0 spiro atoms. The Kier molecular flexibility index (Phi) is 5.66. The Hall–Kier alpha value is -1.03. The number of halogens is 3. The summed E-state index contributed by atoms with van der Waals surface area (Å²) in [6, 6.07) is 7.90. The predicted octanol–water partition coefficient (Wildman–Crippen LogP) is 4.11. The van der Waals surface area contributed by atoms with Crippen LogP contribution in [0.15, 0.2) is 30.3 Å². The monoisotopic (exact) mass is 259 g/mol. The maximum Gasteiger partial charge on any atom is 0.403 e. The highest BCUT2D eigenvalue weighted by atomic mass is 19.4. The van der Waals surface area contributed by atoms with Gasteiger partial charge in [0, 0.05) is 0 Å². The van der Waals surface area contributed by atoms with Gasteiger partial charge in [0.25, 0.3) is 0 Å². The summed E-state index contributed by atoms with van der Waals surface area (Å²) in [7, 11) is 0. The van der Waals surface area contributed by atoms with E-state index in [4.69, 9.17) is 0 Å². The average Bonchev–Trinajstić information content (AvgIpc) is 2.34. The molecule has 2 atom stereocenters. The molecule has 102 valence electrons. The second kappa shape index (κ2) is 6.78. The van der Waals surface area contributed by atoms with Gasteiger partial charge in [0.2, 0.25) is 0 Å². The molecule has 4 heteroatoms. The summed E-state index contributed by atoms with van der Waals surface area (Å²) in [5.41, 5.74) is 0.949. The lowest BCUT2D eigenvalue weighted by Gasteiger charge is -2.24. The van der Waals surface area contributed by atoms with Gasteiger partial charge >= 0.3 is 6.18 Å². The average molecular weight is 259 g/mol. The molecule has 0 aliphatic rings. The summed E-state index contributed by atoms with van der Waals surface area (Å²) in [6.07, 6.45) is -3.40. The van der Waals surface area contributed by atoms with E-state index >= 15 is 0 Å². The van der Waals surface area contributed by atoms with Crippen LogP contribution in [0.4, 0.5) is 13.2 Å². The maximum atomic E-state index is 12.9. The zero-order chi connectivity index (χ0) is 13.6. The minimum Gasteiger partial charge on any atom is -0.306 e. The van der Waals surface area contributed by atoms with E-state index in [1.807, 2.05) is 44.2 Å². The van der Waals surface area contributed by atoms with E-state index in [0.717, 1.165) is 5.56 Å². The van der Waals surface area contributed by atoms with Crippen molar-refractivity contribution in [1.29, 1.82) is 0 Å². The van der Waals surface area contributed by atoms with Gasteiger partial charge in [0.1, 0.15) is 6.04 Å². The molecule has 0 heterocycles. The lowest BCUT2D eigenvalue weighted by molar-refractivity contribution is -0.158. The van der Waals surface area contributed by atoms with Crippen molar-refractivity contribution in [2.24, 2.45) is 0 Å². The third-order valence-corrected chi connectivity index (χ3v) is 2.99. The largest absolute Gasteiger partial charge is 0.403 e. The van der Waals surface area contributed by atoms with Gasteiger partial charge in [-0.3, -0.25) is 0 Å². The Bertz CT molecular complexity index is 335. The summed E-state index contributed by atoms with van der Waals surface area (Å²) in [4.78, 5) is 0. The molecular formula is C14H20F3N. The third kappa shape index (κ3) is 4.69. The molecular weight excluding hydrogens is 239 g/mol. The van der Waals surface area contributed by atoms with Crippen molar-refractivity contribution in [1.82, 2.24) is 5.32 Å².